The van der Waals surface area contributed by atoms with Gasteiger partial charge < -0.3 is 9.88 Å². The van der Waals surface area contributed by atoms with E-state index in [9.17, 15) is 9.18 Å². The number of thiazole rings is 1. The molecule has 186 valence electrons. The lowest BCUT2D eigenvalue weighted by Crippen LogP contribution is -2.39. The summed E-state index contributed by atoms with van der Waals surface area (Å²) in [5.74, 6) is -0.0102. The zero-order valence-corrected chi connectivity index (χ0v) is 21.2. The van der Waals surface area contributed by atoms with Gasteiger partial charge in [-0.2, -0.15) is 0 Å². The summed E-state index contributed by atoms with van der Waals surface area (Å²) in [4.78, 5) is 30.7. The van der Waals surface area contributed by atoms with Crippen molar-refractivity contribution in [1.82, 2.24) is 29.8 Å². The molecule has 6 rings (SSSR count). The van der Waals surface area contributed by atoms with Crippen LogP contribution in [0.3, 0.4) is 0 Å². The van der Waals surface area contributed by atoms with Crippen LogP contribution < -0.4 is 5.32 Å². The SMILES string of the molecule is O=C(N[C@H]1CCC[C@@H](n2c(-c3ccccc3F)nc3cnc(-c4ccccn4)cc32)C1)c1ncc(Cl)s1. The summed E-state index contributed by atoms with van der Waals surface area (Å²) in [6.45, 7) is 0. The molecule has 37 heavy (non-hydrogen) atoms. The number of hydrogen-bond donors (Lipinski definition) is 1. The molecule has 1 N–H and O–H groups in total. The maximum absolute atomic E-state index is 15.0. The van der Waals surface area contributed by atoms with E-state index in [0.29, 0.717) is 32.7 Å². The third-order valence-corrected chi connectivity index (χ3v) is 7.75. The van der Waals surface area contributed by atoms with Crippen LogP contribution in [-0.2, 0) is 0 Å². The van der Waals surface area contributed by atoms with E-state index < -0.39 is 0 Å². The monoisotopic (exact) mass is 532 g/mol. The van der Waals surface area contributed by atoms with Crippen LogP contribution in [0.4, 0.5) is 4.39 Å². The second-order valence-electron chi connectivity index (χ2n) is 9.02. The van der Waals surface area contributed by atoms with Crippen molar-refractivity contribution < 1.29 is 9.18 Å². The van der Waals surface area contributed by atoms with Crippen LogP contribution >= 0.6 is 22.9 Å². The van der Waals surface area contributed by atoms with Gasteiger partial charge in [0.2, 0.25) is 0 Å². The number of fused-ring (bicyclic) bond motifs is 1. The molecule has 4 aromatic heterocycles. The molecule has 1 aromatic carbocycles. The van der Waals surface area contributed by atoms with Crippen LogP contribution in [0.5, 0.6) is 0 Å². The zero-order valence-electron chi connectivity index (χ0n) is 19.6. The summed E-state index contributed by atoms with van der Waals surface area (Å²) in [5.41, 5.74) is 3.44. The fraction of sp³-hybridized carbons (Fsp3) is 0.222. The lowest BCUT2D eigenvalue weighted by atomic mass is 9.90. The molecule has 1 aliphatic rings. The van der Waals surface area contributed by atoms with Gasteiger partial charge in [-0.25, -0.2) is 14.4 Å². The molecule has 0 saturated heterocycles. The van der Waals surface area contributed by atoms with E-state index in [4.69, 9.17) is 16.6 Å². The van der Waals surface area contributed by atoms with E-state index in [2.05, 4.69) is 24.8 Å². The Hall–Kier alpha value is -3.69. The summed E-state index contributed by atoms with van der Waals surface area (Å²) < 4.78 is 17.6. The van der Waals surface area contributed by atoms with Gasteiger partial charge in [0, 0.05) is 18.3 Å². The molecule has 10 heteroatoms. The number of benzene rings is 1. The summed E-state index contributed by atoms with van der Waals surface area (Å²) >= 11 is 7.12. The van der Waals surface area contributed by atoms with Gasteiger partial charge in [-0.05, 0) is 56.0 Å². The zero-order chi connectivity index (χ0) is 25.4. The molecule has 0 spiro atoms. The fourth-order valence-electron chi connectivity index (χ4n) is 4.99. The Morgan fingerprint density at radius 3 is 2.70 bits per heavy atom. The smallest absolute Gasteiger partial charge is 0.280 e. The van der Waals surface area contributed by atoms with Crippen LogP contribution in [0.15, 0.2) is 67.1 Å². The number of nitrogens with zero attached hydrogens (tertiary/aromatic N) is 5. The fourth-order valence-corrected chi connectivity index (χ4v) is 5.81. The Kier molecular flexibility index (Phi) is 6.40. The van der Waals surface area contributed by atoms with Crippen LogP contribution in [0.2, 0.25) is 4.34 Å². The predicted octanol–water partition coefficient (Wildman–Crippen LogP) is 6.32. The third-order valence-electron chi connectivity index (χ3n) is 6.64. The van der Waals surface area contributed by atoms with Gasteiger partial charge >= 0.3 is 0 Å². The first-order chi connectivity index (χ1) is 18.1. The average Bonchev–Trinajstić information content (AvgIpc) is 3.53. The number of imidazole rings is 1. The molecule has 0 aliphatic heterocycles. The largest absolute Gasteiger partial charge is 0.347 e. The quantitative estimate of drug-likeness (QED) is 0.286. The molecular weight excluding hydrogens is 511 g/mol. The molecule has 0 radical (unpaired) electrons. The lowest BCUT2D eigenvalue weighted by Gasteiger charge is -2.32. The first-order valence-corrected chi connectivity index (χ1v) is 13.2. The lowest BCUT2D eigenvalue weighted by molar-refractivity contribution is 0.0920. The highest BCUT2D eigenvalue weighted by Crippen LogP contribution is 2.37. The van der Waals surface area contributed by atoms with Crippen LogP contribution in [0.1, 0.15) is 41.5 Å². The van der Waals surface area contributed by atoms with Crippen molar-refractivity contribution in [2.45, 2.75) is 37.8 Å². The minimum absolute atomic E-state index is 0.00229. The van der Waals surface area contributed by atoms with Gasteiger partial charge in [-0.15, -0.1) is 0 Å². The molecule has 1 fully saturated rings. The molecule has 1 amide bonds. The molecule has 0 bridgehead atoms. The van der Waals surface area contributed by atoms with Crippen molar-refractivity contribution >= 4 is 39.9 Å². The van der Waals surface area contributed by atoms with Crippen LogP contribution in [-0.4, -0.2) is 36.5 Å². The van der Waals surface area contributed by atoms with Gasteiger partial charge in [0.25, 0.3) is 5.91 Å². The van der Waals surface area contributed by atoms with E-state index in [1.807, 2.05) is 30.3 Å². The Bertz CT molecular complexity index is 1590. The van der Waals surface area contributed by atoms with Gasteiger partial charge in [0.1, 0.15) is 21.5 Å². The van der Waals surface area contributed by atoms with Crippen molar-refractivity contribution in [1.29, 1.82) is 0 Å². The summed E-state index contributed by atoms with van der Waals surface area (Å²) in [6, 6.07) is 14.3. The van der Waals surface area contributed by atoms with Gasteiger partial charge in [-0.1, -0.05) is 41.1 Å². The number of hydrogen-bond acceptors (Lipinski definition) is 6. The highest BCUT2D eigenvalue weighted by atomic mass is 35.5. The van der Waals surface area contributed by atoms with Crippen LogP contribution in [0, 0.1) is 5.82 Å². The molecule has 0 unspecified atom stereocenters. The molecular formula is C27H22ClFN6OS. The average molecular weight is 533 g/mol. The molecule has 1 saturated carbocycles. The van der Waals surface area contributed by atoms with Crippen molar-refractivity contribution in [2.24, 2.45) is 0 Å². The molecule has 2 atom stereocenters. The van der Waals surface area contributed by atoms with E-state index in [-0.39, 0.29) is 23.8 Å². The number of carbonyl (C=O) groups is 1. The Balaban J connectivity index is 1.41. The topological polar surface area (TPSA) is 85.6 Å². The number of pyridine rings is 2. The van der Waals surface area contributed by atoms with E-state index >= 15 is 0 Å². The Morgan fingerprint density at radius 2 is 1.92 bits per heavy atom. The maximum Gasteiger partial charge on any atom is 0.280 e. The number of amides is 1. The molecule has 5 aromatic rings. The van der Waals surface area contributed by atoms with Crippen molar-refractivity contribution in [2.75, 3.05) is 0 Å². The van der Waals surface area contributed by atoms with Gasteiger partial charge in [0.05, 0.1) is 34.9 Å². The minimum Gasteiger partial charge on any atom is -0.347 e. The van der Waals surface area contributed by atoms with E-state index in [1.54, 1.807) is 24.5 Å². The Morgan fingerprint density at radius 1 is 1.05 bits per heavy atom. The summed E-state index contributed by atoms with van der Waals surface area (Å²) in [7, 11) is 0. The van der Waals surface area contributed by atoms with Crippen molar-refractivity contribution in [3.8, 4) is 22.8 Å². The standard InChI is InChI=1S/C27H22ClFN6OS/c28-24-15-32-27(37-24)26(36)33-16-6-5-7-17(12-16)35-23-13-21(20-10-3-4-11-30-20)31-14-22(23)34-25(35)18-8-1-2-9-19(18)29/h1-4,8-11,13-17H,5-7,12H2,(H,33,36)/t16-,17+/m0/s1. The minimum atomic E-state index is -0.335. The number of nitrogens with one attached hydrogen (secondary N) is 1. The number of carbonyl (C=O) groups excluding carboxylic acids is 1. The Labute approximate surface area is 221 Å². The number of halogens is 2. The summed E-state index contributed by atoms with van der Waals surface area (Å²) in [6.07, 6.45) is 8.24. The molecule has 1 aliphatic carbocycles. The number of aromatic nitrogens is 5. The maximum atomic E-state index is 15.0. The number of rotatable bonds is 5. The van der Waals surface area contributed by atoms with Crippen LogP contribution in [0.25, 0.3) is 33.8 Å². The van der Waals surface area contributed by atoms with E-state index in [1.165, 1.54) is 12.3 Å². The second kappa shape index (κ2) is 9.99. The second-order valence-corrected chi connectivity index (χ2v) is 10.7. The van der Waals surface area contributed by atoms with Crippen molar-refractivity contribution in [3.63, 3.8) is 0 Å². The van der Waals surface area contributed by atoms with Gasteiger partial charge in [-0.3, -0.25) is 14.8 Å². The highest BCUT2D eigenvalue weighted by Gasteiger charge is 2.29. The molecule has 7 nitrogen and oxygen atoms in total. The highest BCUT2D eigenvalue weighted by molar-refractivity contribution is 7.17. The van der Waals surface area contributed by atoms with Crippen molar-refractivity contribution in [3.05, 3.63) is 82.3 Å². The summed E-state index contributed by atoms with van der Waals surface area (Å²) in [5, 5.41) is 3.46. The van der Waals surface area contributed by atoms with Gasteiger partial charge in [0.15, 0.2) is 5.01 Å². The normalized spacial score (nSPS) is 17.7. The third kappa shape index (κ3) is 4.72. The first kappa shape index (κ1) is 23.7. The van der Waals surface area contributed by atoms with E-state index in [0.717, 1.165) is 47.5 Å². The predicted molar refractivity (Wildman–Crippen MR) is 142 cm³/mol. The first-order valence-electron chi connectivity index (χ1n) is 12.0. The molecule has 4 heterocycles.